The molecule has 0 aliphatic rings. The number of benzene rings is 2. The van der Waals surface area contributed by atoms with Crippen molar-refractivity contribution in [2.24, 2.45) is 0 Å². The maximum Gasteiger partial charge on any atom is 0.256 e. The Kier molecular flexibility index (Phi) is 4.96. The topological polar surface area (TPSA) is 75.3 Å². The molecule has 110 valence electrons. The van der Waals surface area contributed by atoms with Gasteiger partial charge < -0.3 is 5.32 Å². The maximum absolute atomic E-state index is 12.2. The number of sulfonamides is 1. The number of halogens is 1. The second-order valence-electron chi connectivity index (χ2n) is 4.17. The van der Waals surface area contributed by atoms with E-state index in [0.717, 1.165) is 3.57 Å². The Hall–Kier alpha value is -1.45. The highest BCUT2D eigenvalue weighted by Crippen LogP contribution is 2.18. The monoisotopic (exact) mass is 416 g/mol. The van der Waals surface area contributed by atoms with Crippen LogP contribution in [0.2, 0.25) is 0 Å². The Morgan fingerprint density at radius 2 is 1.81 bits per heavy atom. The molecule has 1 amide bonds. The summed E-state index contributed by atoms with van der Waals surface area (Å²) < 4.78 is 26.5. The summed E-state index contributed by atoms with van der Waals surface area (Å²) in [6.45, 7) is 0. The van der Waals surface area contributed by atoms with E-state index in [1.807, 2.05) is 12.1 Å². The number of hydrogen-bond donors (Lipinski definition) is 2. The Morgan fingerprint density at radius 3 is 2.48 bits per heavy atom. The first kappa shape index (κ1) is 15.9. The molecule has 0 atom stereocenters. The third-order valence-electron chi connectivity index (χ3n) is 2.79. The summed E-state index contributed by atoms with van der Waals surface area (Å²) in [5.74, 6) is -0.279. The van der Waals surface area contributed by atoms with Crippen molar-refractivity contribution in [3.8, 4) is 0 Å². The van der Waals surface area contributed by atoms with Crippen LogP contribution in [0.15, 0.2) is 53.4 Å². The van der Waals surface area contributed by atoms with Crippen molar-refractivity contribution in [3.05, 3.63) is 57.7 Å². The van der Waals surface area contributed by atoms with Crippen LogP contribution in [0.1, 0.15) is 10.4 Å². The highest BCUT2D eigenvalue weighted by molar-refractivity contribution is 14.1. The molecule has 0 heterocycles. The standard InChI is InChI=1S/C14H13IN2O3S/c1-16-21(19,20)11-6-4-5-10(9-11)17-14(18)12-7-2-3-8-13(12)15/h2-9,16H,1H3,(H,17,18). The summed E-state index contributed by atoms with van der Waals surface area (Å²) in [5, 5.41) is 2.70. The second-order valence-corrected chi connectivity index (χ2v) is 7.22. The van der Waals surface area contributed by atoms with Crippen LogP contribution in [0.4, 0.5) is 5.69 Å². The van der Waals surface area contributed by atoms with Crippen LogP contribution in [-0.2, 0) is 10.0 Å². The number of carbonyl (C=O) groups is 1. The molecule has 0 aliphatic heterocycles. The van der Waals surface area contributed by atoms with E-state index in [0.29, 0.717) is 11.3 Å². The van der Waals surface area contributed by atoms with E-state index in [1.165, 1.54) is 19.2 Å². The predicted molar refractivity (Wildman–Crippen MR) is 89.8 cm³/mol. The van der Waals surface area contributed by atoms with Gasteiger partial charge in [-0.3, -0.25) is 4.79 Å². The quantitative estimate of drug-likeness (QED) is 0.753. The van der Waals surface area contributed by atoms with Gasteiger partial charge in [0.15, 0.2) is 0 Å². The summed E-state index contributed by atoms with van der Waals surface area (Å²) in [6.07, 6.45) is 0. The first-order valence-electron chi connectivity index (χ1n) is 6.03. The van der Waals surface area contributed by atoms with Crippen LogP contribution in [-0.4, -0.2) is 21.4 Å². The molecule has 0 aromatic heterocycles. The number of anilines is 1. The molecular formula is C14H13IN2O3S. The molecule has 2 rings (SSSR count). The van der Waals surface area contributed by atoms with Crippen LogP contribution < -0.4 is 10.0 Å². The van der Waals surface area contributed by atoms with Gasteiger partial charge in [-0.1, -0.05) is 18.2 Å². The zero-order valence-electron chi connectivity index (χ0n) is 11.1. The van der Waals surface area contributed by atoms with Crippen molar-refractivity contribution in [2.75, 3.05) is 12.4 Å². The predicted octanol–water partition coefficient (Wildman–Crippen LogP) is 2.45. The lowest BCUT2D eigenvalue weighted by Crippen LogP contribution is -2.19. The van der Waals surface area contributed by atoms with Gasteiger partial charge in [0.2, 0.25) is 10.0 Å². The fraction of sp³-hybridized carbons (Fsp3) is 0.0714. The summed E-state index contributed by atoms with van der Waals surface area (Å²) >= 11 is 2.08. The number of rotatable bonds is 4. The zero-order valence-corrected chi connectivity index (χ0v) is 14.1. The van der Waals surface area contributed by atoms with Crippen LogP contribution in [0, 0.1) is 3.57 Å². The lowest BCUT2D eigenvalue weighted by Gasteiger charge is -2.08. The number of carbonyl (C=O) groups excluding carboxylic acids is 1. The van der Waals surface area contributed by atoms with E-state index in [-0.39, 0.29) is 10.8 Å². The van der Waals surface area contributed by atoms with Gasteiger partial charge in [0.25, 0.3) is 5.91 Å². The normalized spacial score (nSPS) is 11.1. The van der Waals surface area contributed by atoms with Crippen molar-refractivity contribution < 1.29 is 13.2 Å². The fourth-order valence-electron chi connectivity index (χ4n) is 1.70. The zero-order chi connectivity index (χ0) is 15.5. The molecule has 2 aromatic rings. The van der Waals surface area contributed by atoms with E-state index >= 15 is 0 Å². The lowest BCUT2D eigenvalue weighted by molar-refractivity contribution is 0.102. The molecule has 0 bridgehead atoms. The average Bonchev–Trinajstić information content (AvgIpc) is 2.48. The van der Waals surface area contributed by atoms with E-state index in [2.05, 4.69) is 32.6 Å². The summed E-state index contributed by atoms with van der Waals surface area (Å²) in [5.41, 5.74) is 0.968. The Labute approximate surface area is 137 Å². The Bertz CT molecular complexity index is 775. The molecule has 0 radical (unpaired) electrons. The number of hydrogen-bond acceptors (Lipinski definition) is 3. The molecule has 5 nitrogen and oxygen atoms in total. The van der Waals surface area contributed by atoms with Crippen molar-refractivity contribution in [1.29, 1.82) is 0 Å². The third kappa shape index (κ3) is 3.80. The fourth-order valence-corrected chi connectivity index (χ4v) is 3.11. The largest absolute Gasteiger partial charge is 0.322 e. The third-order valence-corrected chi connectivity index (χ3v) is 5.14. The van der Waals surface area contributed by atoms with E-state index < -0.39 is 10.0 Å². The molecule has 2 aromatic carbocycles. The molecule has 21 heavy (non-hydrogen) atoms. The van der Waals surface area contributed by atoms with Crippen LogP contribution in [0.25, 0.3) is 0 Å². The summed E-state index contributed by atoms with van der Waals surface area (Å²) in [6, 6.07) is 13.3. The van der Waals surface area contributed by atoms with Gasteiger partial charge in [-0.05, 0) is 60.0 Å². The van der Waals surface area contributed by atoms with E-state index in [4.69, 9.17) is 0 Å². The van der Waals surface area contributed by atoms with Gasteiger partial charge >= 0.3 is 0 Å². The van der Waals surface area contributed by atoms with E-state index in [1.54, 1.807) is 24.3 Å². The SMILES string of the molecule is CNS(=O)(=O)c1cccc(NC(=O)c2ccccc2I)c1. The minimum atomic E-state index is -3.53. The molecule has 7 heteroatoms. The molecule has 0 unspecified atom stereocenters. The molecule has 0 saturated heterocycles. The summed E-state index contributed by atoms with van der Waals surface area (Å²) in [4.78, 5) is 12.3. The van der Waals surface area contributed by atoms with Crippen molar-refractivity contribution in [2.45, 2.75) is 4.90 Å². The van der Waals surface area contributed by atoms with Crippen molar-refractivity contribution in [1.82, 2.24) is 4.72 Å². The van der Waals surface area contributed by atoms with Crippen LogP contribution >= 0.6 is 22.6 Å². The smallest absolute Gasteiger partial charge is 0.256 e. The molecule has 0 aliphatic carbocycles. The van der Waals surface area contributed by atoms with Gasteiger partial charge in [-0.25, -0.2) is 13.1 Å². The van der Waals surface area contributed by atoms with Gasteiger partial charge in [-0.2, -0.15) is 0 Å². The minimum Gasteiger partial charge on any atom is -0.322 e. The first-order valence-corrected chi connectivity index (χ1v) is 8.60. The van der Waals surface area contributed by atoms with Gasteiger partial charge in [0.1, 0.15) is 0 Å². The second kappa shape index (κ2) is 6.54. The van der Waals surface area contributed by atoms with Crippen molar-refractivity contribution >= 4 is 44.2 Å². The maximum atomic E-state index is 12.2. The van der Waals surface area contributed by atoms with Gasteiger partial charge in [0, 0.05) is 9.26 Å². The van der Waals surface area contributed by atoms with E-state index in [9.17, 15) is 13.2 Å². The molecular weight excluding hydrogens is 403 g/mol. The molecule has 0 saturated carbocycles. The molecule has 2 N–H and O–H groups in total. The minimum absolute atomic E-state index is 0.102. The first-order chi connectivity index (χ1) is 9.94. The molecule has 0 spiro atoms. The van der Waals surface area contributed by atoms with Gasteiger partial charge in [0.05, 0.1) is 10.5 Å². The highest BCUT2D eigenvalue weighted by atomic mass is 127. The van der Waals surface area contributed by atoms with Crippen molar-refractivity contribution in [3.63, 3.8) is 0 Å². The number of nitrogens with one attached hydrogen (secondary N) is 2. The Morgan fingerprint density at radius 1 is 1.10 bits per heavy atom. The Balaban J connectivity index is 2.27. The van der Waals surface area contributed by atoms with Crippen LogP contribution in [0.3, 0.4) is 0 Å². The number of amides is 1. The lowest BCUT2D eigenvalue weighted by atomic mass is 10.2. The summed E-state index contributed by atoms with van der Waals surface area (Å²) in [7, 11) is -2.19. The van der Waals surface area contributed by atoms with Gasteiger partial charge in [-0.15, -0.1) is 0 Å². The highest BCUT2D eigenvalue weighted by Gasteiger charge is 2.13. The molecule has 0 fully saturated rings. The van der Waals surface area contributed by atoms with Crippen LogP contribution in [0.5, 0.6) is 0 Å². The average molecular weight is 416 g/mol.